The molecule has 0 bridgehead atoms. The number of hydrogen-bond acceptors (Lipinski definition) is 0. The molecule has 2 atom stereocenters. The fraction of sp³-hybridized carbons (Fsp3) is 0.571. The maximum absolute atomic E-state index is 5.90. The van der Waals surface area contributed by atoms with Gasteiger partial charge in [-0.15, -0.1) is 0 Å². The normalized spacial score (nSPS) is 26.4. The lowest BCUT2D eigenvalue weighted by Crippen LogP contribution is -2.08. The summed E-state index contributed by atoms with van der Waals surface area (Å²) < 4.78 is 0. The molecular formula is C14H18BrCl. The van der Waals surface area contributed by atoms with E-state index in [9.17, 15) is 0 Å². The fourth-order valence-corrected chi connectivity index (χ4v) is 3.51. The molecule has 1 fully saturated rings. The lowest BCUT2D eigenvalue weighted by atomic mass is 9.92. The molecule has 0 saturated heterocycles. The maximum Gasteiger partial charge on any atom is 0.0406 e. The maximum atomic E-state index is 5.90. The van der Waals surface area contributed by atoms with E-state index >= 15 is 0 Å². The summed E-state index contributed by atoms with van der Waals surface area (Å²) in [7, 11) is 0. The topological polar surface area (TPSA) is 0 Å². The highest BCUT2D eigenvalue weighted by molar-refractivity contribution is 9.09. The lowest BCUT2D eigenvalue weighted by molar-refractivity contribution is 0.463. The molecule has 0 N–H and O–H groups in total. The molecule has 2 rings (SSSR count). The van der Waals surface area contributed by atoms with Gasteiger partial charge in [-0.2, -0.15) is 0 Å². The van der Waals surface area contributed by atoms with Crippen LogP contribution in [0.15, 0.2) is 24.3 Å². The standard InChI is InChI=1S/C14H18BrCl/c15-13-4-2-1-3-12(10-13)9-11-5-7-14(16)8-6-11/h5-8,12-13H,1-4,9-10H2. The molecule has 2 unspecified atom stereocenters. The Hall–Kier alpha value is -0.0100. The van der Waals surface area contributed by atoms with E-state index in [1.165, 1.54) is 44.1 Å². The third-order valence-corrected chi connectivity index (χ3v) is 4.49. The van der Waals surface area contributed by atoms with Crippen LogP contribution in [0.25, 0.3) is 0 Å². The second kappa shape index (κ2) is 6.07. The van der Waals surface area contributed by atoms with Crippen molar-refractivity contribution in [2.45, 2.75) is 43.4 Å². The van der Waals surface area contributed by atoms with Crippen molar-refractivity contribution in [2.75, 3.05) is 0 Å². The SMILES string of the molecule is Clc1ccc(CC2CCCCC(Br)C2)cc1. The van der Waals surface area contributed by atoms with E-state index in [2.05, 4.69) is 28.1 Å². The molecule has 0 aliphatic heterocycles. The minimum atomic E-state index is 0.729. The summed E-state index contributed by atoms with van der Waals surface area (Å²) in [5, 5.41) is 0.836. The Bertz CT molecular complexity index is 320. The molecule has 2 heteroatoms. The van der Waals surface area contributed by atoms with Gasteiger partial charge < -0.3 is 0 Å². The summed E-state index contributed by atoms with van der Waals surface area (Å²) in [6.45, 7) is 0. The van der Waals surface area contributed by atoms with Gasteiger partial charge in [0.1, 0.15) is 0 Å². The van der Waals surface area contributed by atoms with Crippen molar-refractivity contribution in [1.29, 1.82) is 0 Å². The van der Waals surface area contributed by atoms with Gasteiger partial charge in [-0.1, -0.05) is 58.9 Å². The van der Waals surface area contributed by atoms with Gasteiger partial charge in [-0.05, 0) is 42.9 Å². The van der Waals surface area contributed by atoms with Crippen LogP contribution in [0.3, 0.4) is 0 Å². The van der Waals surface area contributed by atoms with E-state index in [-0.39, 0.29) is 0 Å². The first-order chi connectivity index (χ1) is 7.74. The van der Waals surface area contributed by atoms with Crippen LogP contribution in [0.5, 0.6) is 0 Å². The highest BCUT2D eigenvalue weighted by atomic mass is 79.9. The Morgan fingerprint density at radius 3 is 2.56 bits per heavy atom. The third-order valence-electron chi connectivity index (χ3n) is 3.41. The predicted molar refractivity (Wildman–Crippen MR) is 74.4 cm³/mol. The number of alkyl halides is 1. The van der Waals surface area contributed by atoms with E-state index in [1.54, 1.807) is 0 Å². The van der Waals surface area contributed by atoms with Gasteiger partial charge in [0, 0.05) is 9.85 Å². The Morgan fingerprint density at radius 2 is 1.81 bits per heavy atom. The Kier molecular flexibility index (Phi) is 4.72. The van der Waals surface area contributed by atoms with Gasteiger partial charge in [0.15, 0.2) is 0 Å². The summed E-state index contributed by atoms with van der Waals surface area (Å²) in [5.74, 6) is 0.841. The molecular weight excluding hydrogens is 284 g/mol. The molecule has 0 aromatic heterocycles. The van der Waals surface area contributed by atoms with Gasteiger partial charge in [0.25, 0.3) is 0 Å². The molecule has 88 valence electrons. The van der Waals surface area contributed by atoms with E-state index < -0.39 is 0 Å². The number of rotatable bonds is 2. The molecule has 0 nitrogen and oxygen atoms in total. The van der Waals surface area contributed by atoms with Crippen LogP contribution in [-0.4, -0.2) is 4.83 Å². The quantitative estimate of drug-likeness (QED) is 0.518. The molecule has 1 saturated carbocycles. The van der Waals surface area contributed by atoms with Crippen molar-refractivity contribution >= 4 is 27.5 Å². The molecule has 1 aliphatic rings. The van der Waals surface area contributed by atoms with E-state index in [4.69, 9.17) is 11.6 Å². The van der Waals surface area contributed by atoms with Crippen molar-refractivity contribution in [1.82, 2.24) is 0 Å². The average Bonchev–Trinajstić information content (AvgIpc) is 2.46. The number of benzene rings is 1. The molecule has 1 aromatic rings. The molecule has 0 amide bonds. The van der Waals surface area contributed by atoms with Crippen molar-refractivity contribution in [3.63, 3.8) is 0 Å². The van der Waals surface area contributed by atoms with Crippen LogP contribution in [0.4, 0.5) is 0 Å². The van der Waals surface area contributed by atoms with Gasteiger partial charge >= 0.3 is 0 Å². The van der Waals surface area contributed by atoms with Crippen molar-refractivity contribution in [3.8, 4) is 0 Å². The Morgan fingerprint density at radius 1 is 1.12 bits per heavy atom. The summed E-state index contributed by atoms with van der Waals surface area (Å²) in [6.07, 6.45) is 8.02. The summed E-state index contributed by atoms with van der Waals surface area (Å²) in [4.78, 5) is 0.729. The fourth-order valence-electron chi connectivity index (χ4n) is 2.54. The number of halogens is 2. The Labute approximate surface area is 112 Å². The van der Waals surface area contributed by atoms with Gasteiger partial charge in [-0.3, -0.25) is 0 Å². The first kappa shape index (κ1) is 12.4. The second-order valence-corrected chi connectivity index (χ2v) is 6.55. The van der Waals surface area contributed by atoms with Crippen LogP contribution in [-0.2, 0) is 6.42 Å². The van der Waals surface area contributed by atoms with Crippen molar-refractivity contribution in [3.05, 3.63) is 34.9 Å². The van der Waals surface area contributed by atoms with Crippen molar-refractivity contribution < 1.29 is 0 Å². The van der Waals surface area contributed by atoms with Crippen molar-refractivity contribution in [2.24, 2.45) is 5.92 Å². The van der Waals surface area contributed by atoms with Crippen LogP contribution >= 0.6 is 27.5 Å². The predicted octanol–water partition coefficient (Wildman–Crippen LogP) is 5.23. The second-order valence-electron chi connectivity index (χ2n) is 4.81. The van der Waals surface area contributed by atoms with Crippen LogP contribution in [0.1, 0.15) is 37.7 Å². The van der Waals surface area contributed by atoms with Gasteiger partial charge in [0.2, 0.25) is 0 Å². The molecule has 1 aromatic carbocycles. The Balaban J connectivity index is 1.95. The highest BCUT2D eigenvalue weighted by Crippen LogP contribution is 2.30. The van der Waals surface area contributed by atoms with Gasteiger partial charge in [-0.25, -0.2) is 0 Å². The lowest BCUT2D eigenvalue weighted by Gasteiger charge is -2.16. The molecule has 0 spiro atoms. The highest BCUT2D eigenvalue weighted by Gasteiger charge is 2.18. The zero-order valence-electron chi connectivity index (χ0n) is 9.46. The molecule has 0 radical (unpaired) electrons. The molecule has 0 heterocycles. The first-order valence-electron chi connectivity index (χ1n) is 6.12. The zero-order valence-corrected chi connectivity index (χ0v) is 11.8. The average molecular weight is 302 g/mol. The first-order valence-corrected chi connectivity index (χ1v) is 7.42. The molecule has 16 heavy (non-hydrogen) atoms. The van der Waals surface area contributed by atoms with E-state index in [1.807, 2.05) is 12.1 Å². The molecule has 1 aliphatic carbocycles. The van der Waals surface area contributed by atoms with Gasteiger partial charge in [0.05, 0.1) is 0 Å². The summed E-state index contributed by atoms with van der Waals surface area (Å²) in [6, 6.07) is 8.32. The monoisotopic (exact) mass is 300 g/mol. The smallest absolute Gasteiger partial charge is 0.0406 e. The van der Waals surface area contributed by atoms with Crippen LogP contribution in [0.2, 0.25) is 5.02 Å². The third kappa shape index (κ3) is 3.78. The largest absolute Gasteiger partial charge is 0.0891 e. The summed E-state index contributed by atoms with van der Waals surface area (Å²) >= 11 is 9.68. The van der Waals surface area contributed by atoms with E-state index in [0.29, 0.717) is 0 Å². The van der Waals surface area contributed by atoms with E-state index in [0.717, 1.165) is 15.8 Å². The zero-order chi connectivity index (χ0) is 11.4. The minimum Gasteiger partial charge on any atom is -0.0891 e. The number of hydrogen-bond donors (Lipinski definition) is 0. The minimum absolute atomic E-state index is 0.729. The summed E-state index contributed by atoms with van der Waals surface area (Å²) in [5.41, 5.74) is 1.43. The van der Waals surface area contributed by atoms with Crippen LogP contribution in [0, 0.1) is 5.92 Å². The van der Waals surface area contributed by atoms with Crippen LogP contribution < -0.4 is 0 Å².